The first kappa shape index (κ1) is 16.3. The molecule has 0 spiro atoms. The smallest absolute Gasteiger partial charge is 0.214 e. The van der Waals surface area contributed by atoms with Crippen LogP contribution in [0.1, 0.15) is 62.8 Å². The van der Waals surface area contributed by atoms with Crippen molar-refractivity contribution in [2.75, 3.05) is 14.1 Å². The zero-order chi connectivity index (χ0) is 16.4. The maximum Gasteiger partial charge on any atom is 0.214 e. The number of nitrogens with zero attached hydrogens (tertiary/aromatic N) is 2. The maximum atomic E-state index is 6.22. The predicted molar refractivity (Wildman–Crippen MR) is 94.4 cm³/mol. The van der Waals surface area contributed by atoms with E-state index in [2.05, 4.69) is 55.6 Å². The summed E-state index contributed by atoms with van der Waals surface area (Å²) in [6.45, 7) is 4.44. The van der Waals surface area contributed by atoms with E-state index >= 15 is 0 Å². The van der Waals surface area contributed by atoms with Gasteiger partial charge in [-0.05, 0) is 44.2 Å². The van der Waals surface area contributed by atoms with Gasteiger partial charge in [-0.1, -0.05) is 38.1 Å². The van der Waals surface area contributed by atoms with E-state index in [4.69, 9.17) is 4.74 Å². The molecular formula is C19H29N3O. The van der Waals surface area contributed by atoms with Gasteiger partial charge in [0, 0.05) is 24.6 Å². The van der Waals surface area contributed by atoms with Gasteiger partial charge in [0.2, 0.25) is 12.1 Å². The molecule has 1 aliphatic carbocycles. The molecule has 1 unspecified atom stereocenters. The quantitative estimate of drug-likeness (QED) is 0.916. The minimum atomic E-state index is -0.0757. The van der Waals surface area contributed by atoms with Crippen LogP contribution in [0.25, 0.3) is 0 Å². The van der Waals surface area contributed by atoms with Crippen LogP contribution in [-0.4, -0.2) is 31.0 Å². The summed E-state index contributed by atoms with van der Waals surface area (Å²) in [5.41, 5.74) is 2.54. The molecule has 126 valence electrons. The minimum Gasteiger partial charge on any atom is -0.450 e. The van der Waals surface area contributed by atoms with Crippen molar-refractivity contribution >= 4 is 5.90 Å². The molecule has 1 N–H and O–H groups in total. The Bertz CT molecular complexity index is 544. The van der Waals surface area contributed by atoms with Gasteiger partial charge in [0.25, 0.3) is 0 Å². The Labute approximate surface area is 139 Å². The monoisotopic (exact) mass is 315 g/mol. The van der Waals surface area contributed by atoms with E-state index in [1.165, 1.54) is 24.0 Å². The summed E-state index contributed by atoms with van der Waals surface area (Å²) in [5, 5.41) is 10.0. The van der Waals surface area contributed by atoms with Crippen LogP contribution in [0.2, 0.25) is 0 Å². The second-order valence-electron chi connectivity index (χ2n) is 7.14. The van der Waals surface area contributed by atoms with Gasteiger partial charge >= 0.3 is 0 Å². The Morgan fingerprint density at radius 1 is 1.13 bits per heavy atom. The third-order valence-corrected chi connectivity index (χ3v) is 5.20. The Kier molecular flexibility index (Phi) is 4.90. The van der Waals surface area contributed by atoms with Crippen LogP contribution in [0.3, 0.4) is 0 Å². The molecule has 1 fully saturated rings. The van der Waals surface area contributed by atoms with E-state index in [0.29, 0.717) is 17.9 Å². The van der Waals surface area contributed by atoms with Crippen molar-refractivity contribution in [2.45, 2.75) is 57.7 Å². The van der Waals surface area contributed by atoms with Crippen molar-refractivity contribution in [3.8, 4) is 0 Å². The molecule has 0 bridgehead atoms. The van der Waals surface area contributed by atoms with Gasteiger partial charge in [0.15, 0.2) is 0 Å². The number of benzene rings is 1. The van der Waals surface area contributed by atoms with Gasteiger partial charge in [-0.2, -0.15) is 0 Å². The molecular weight excluding hydrogens is 286 g/mol. The lowest BCUT2D eigenvalue weighted by Crippen LogP contribution is -2.32. The van der Waals surface area contributed by atoms with Crippen molar-refractivity contribution in [1.82, 2.24) is 10.3 Å². The van der Waals surface area contributed by atoms with Gasteiger partial charge in [0.1, 0.15) is 0 Å². The normalized spacial score (nSPS) is 28.0. The summed E-state index contributed by atoms with van der Waals surface area (Å²) >= 11 is 0. The highest BCUT2D eigenvalue weighted by Crippen LogP contribution is 2.34. The fraction of sp³-hybridized carbons (Fsp3) is 0.632. The topological polar surface area (TPSA) is 36.9 Å². The van der Waals surface area contributed by atoms with Gasteiger partial charge in [-0.3, -0.25) is 5.01 Å². The summed E-state index contributed by atoms with van der Waals surface area (Å²) in [7, 11) is 4.06. The second kappa shape index (κ2) is 6.91. The van der Waals surface area contributed by atoms with Crippen LogP contribution in [-0.2, 0) is 4.74 Å². The first-order chi connectivity index (χ1) is 11.1. The summed E-state index contributed by atoms with van der Waals surface area (Å²) in [6, 6.07) is 9.41. The lowest BCUT2D eigenvalue weighted by Gasteiger charge is -2.27. The van der Waals surface area contributed by atoms with E-state index < -0.39 is 0 Å². The third kappa shape index (κ3) is 3.52. The number of nitrogens with one attached hydrogen (secondary N) is 1. The largest absolute Gasteiger partial charge is 0.450 e. The number of rotatable bonds is 4. The summed E-state index contributed by atoms with van der Waals surface area (Å²) in [4.78, 5) is 0. The number of hydrazone groups is 1. The summed E-state index contributed by atoms with van der Waals surface area (Å²) < 4.78 is 6.22. The van der Waals surface area contributed by atoms with Gasteiger partial charge in [-0.15, -0.1) is 5.10 Å². The molecule has 1 aliphatic heterocycles. The van der Waals surface area contributed by atoms with Crippen LogP contribution in [0.5, 0.6) is 0 Å². The van der Waals surface area contributed by atoms with E-state index in [-0.39, 0.29) is 6.23 Å². The molecule has 23 heavy (non-hydrogen) atoms. The van der Waals surface area contributed by atoms with Crippen LogP contribution in [0, 0.1) is 5.92 Å². The van der Waals surface area contributed by atoms with Crippen LogP contribution in [0.4, 0.5) is 0 Å². The Hall–Kier alpha value is -1.55. The molecule has 2 aliphatic rings. The van der Waals surface area contributed by atoms with Crippen molar-refractivity contribution in [2.24, 2.45) is 11.0 Å². The molecule has 1 heterocycles. The SMILES string of the molecule is CNC1CCC(C2=NN(C)C(c3ccc(C(C)C)cc3)O2)CC1. The lowest BCUT2D eigenvalue weighted by molar-refractivity contribution is 0.0717. The highest BCUT2D eigenvalue weighted by molar-refractivity contribution is 5.80. The van der Waals surface area contributed by atoms with E-state index in [1.807, 2.05) is 12.1 Å². The van der Waals surface area contributed by atoms with Crippen molar-refractivity contribution < 1.29 is 4.74 Å². The van der Waals surface area contributed by atoms with Crippen molar-refractivity contribution in [3.05, 3.63) is 35.4 Å². The third-order valence-electron chi connectivity index (χ3n) is 5.20. The molecule has 0 amide bonds. The highest BCUT2D eigenvalue weighted by Gasteiger charge is 2.33. The molecule has 4 nitrogen and oxygen atoms in total. The predicted octanol–water partition coefficient (Wildman–Crippen LogP) is 3.86. The molecule has 3 rings (SSSR count). The molecule has 1 saturated carbocycles. The highest BCUT2D eigenvalue weighted by atomic mass is 16.5. The van der Waals surface area contributed by atoms with E-state index in [9.17, 15) is 0 Å². The molecule has 0 radical (unpaired) electrons. The first-order valence-electron chi connectivity index (χ1n) is 8.83. The minimum absolute atomic E-state index is 0.0757. The lowest BCUT2D eigenvalue weighted by atomic mass is 9.86. The summed E-state index contributed by atoms with van der Waals surface area (Å²) in [5.74, 6) is 1.96. The van der Waals surface area contributed by atoms with Crippen LogP contribution >= 0.6 is 0 Å². The average Bonchev–Trinajstić information content (AvgIpc) is 2.97. The number of ether oxygens (including phenoxy) is 1. The Balaban J connectivity index is 1.64. The number of hydrogen-bond acceptors (Lipinski definition) is 4. The fourth-order valence-electron chi connectivity index (χ4n) is 3.56. The average molecular weight is 315 g/mol. The molecule has 1 aromatic carbocycles. The molecule has 1 atom stereocenters. The standard InChI is InChI=1S/C19H29N3O/c1-13(2)14-5-7-16(8-6-14)19-22(4)21-18(23-19)15-9-11-17(20-3)12-10-15/h5-8,13,15,17,19-20H,9-12H2,1-4H3. The molecule has 0 aromatic heterocycles. The first-order valence-corrected chi connectivity index (χ1v) is 8.83. The van der Waals surface area contributed by atoms with E-state index in [1.54, 1.807) is 0 Å². The van der Waals surface area contributed by atoms with Crippen molar-refractivity contribution in [1.29, 1.82) is 0 Å². The number of hydrogen-bond donors (Lipinski definition) is 1. The zero-order valence-electron chi connectivity index (χ0n) is 14.7. The summed E-state index contributed by atoms with van der Waals surface area (Å²) in [6.07, 6.45) is 4.67. The second-order valence-corrected chi connectivity index (χ2v) is 7.14. The van der Waals surface area contributed by atoms with Crippen molar-refractivity contribution in [3.63, 3.8) is 0 Å². The van der Waals surface area contributed by atoms with Crippen LogP contribution in [0.15, 0.2) is 29.4 Å². The fourth-order valence-corrected chi connectivity index (χ4v) is 3.56. The van der Waals surface area contributed by atoms with Crippen LogP contribution < -0.4 is 5.32 Å². The molecule has 4 heteroatoms. The molecule has 1 aromatic rings. The van der Waals surface area contributed by atoms with Gasteiger partial charge < -0.3 is 10.1 Å². The van der Waals surface area contributed by atoms with Gasteiger partial charge in [-0.25, -0.2) is 0 Å². The zero-order valence-corrected chi connectivity index (χ0v) is 14.7. The molecule has 0 saturated heterocycles. The Morgan fingerprint density at radius 2 is 1.78 bits per heavy atom. The maximum absolute atomic E-state index is 6.22. The van der Waals surface area contributed by atoms with Gasteiger partial charge in [0.05, 0.1) is 0 Å². The Morgan fingerprint density at radius 3 is 2.35 bits per heavy atom. The van der Waals surface area contributed by atoms with E-state index in [0.717, 1.165) is 18.7 Å².